The minimum absolute atomic E-state index is 0.143. The molecule has 2 aliphatic carbocycles. The lowest BCUT2D eigenvalue weighted by atomic mass is 9.75. The molecule has 2 N–H and O–H groups in total. The molecule has 0 spiro atoms. The highest BCUT2D eigenvalue weighted by molar-refractivity contribution is 6.31. The molecule has 218 valence electrons. The summed E-state index contributed by atoms with van der Waals surface area (Å²) in [4.78, 5) is 39.9. The van der Waals surface area contributed by atoms with Crippen molar-refractivity contribution in [3.05, 3.63) is 52.0 Å². The number of halogens is 1. The van der Waals surface area contributed by atoms with Crippen molar-refractivity contribution in [1.82, 2.24) is 5.32 Å². The van der Waals surface area contributed by atoms with Crippen molar-refractivity contribution in [3.63, 3.8) is 0 Å². The molecule has 4 rings (SSSR count). The number of aliphatic carboxylic acids is 1. The molecular formula is C31H36ClN3O6. The Kier molecular flexibility index (Phi) is 9.13. The zero-order valence-corrected chi connectivity index (χ0v) is 24.6. The Morgan fingerprint density at radius 3 is 2.41 bits per heavy atom. The zero-order valence-electron chi connectivity index (χ0n) is 23.8. The Labute approximate surface area is 245 Å². The predicted octanol–water partition coefficient (Wildman–Crippen LogP) is 5.69. The van der Waals surface area contributed by atoms with E-state index in [-0.39, 0.29) is 34.6 Å². The summed E-state index contributed by atoms with van der Waals surface area (Å²) in [7, 11) is 2.95. The van der Waals surface area contributed by atoms with Gasteiger partial charge in [-0.05, 0) is 81.5 Å². The zero-order chi connectivity index (χ0) is 29.9. The van der Waals surface area contributed by atoms with Crippen molar-refractivity contribution in [3.8, 4) is 17.6 Å². The summed E-state index contributed by atoms with van der Waals surface area (Å²) < 4.78 is 11.6. The van der Waals surface area contributed by atoms with Gasteiger partial charge in [-0.2, -0.15) is 5.26 Å². The highest BCUT2D eigenvalue weighted by atomic mass is 35.5. The normalized spacial score (nSPS) is 23.5. The Hall–Kier alpha value is -3.77. The van der Waals surface area contributed by atoms with Gasteiger partial charge in [-0.1, -0.05) is 18.5 Å². The molecule has 0 bridgehead atoms. The average Bonchev–Trinajstić information content (AvgIpc) is 2.94. The highest BCUT2D eigenvalue weighted by Crippen LogP contribution is 2.39. The molecule has 2 aromatic rings. The number of anilines is 1. The fraction of sp³-hybridized carbons (Fsp3) is 0.484. The van der Waals surface area contributed by atoms with E-state index in [0.717, 1.165) is 12.8 Å². The maximum absolute atomic E-state index is 13.8. The maximum atomic E-state index is 13.8. The third kappa shape index (κ3) is 6.59. The van der Waals surface area contributed by atoms with Gasteiger partial charge in [0.15, 0.2) is 0 Å². The van der Waals surface area contributed by atoms with Crippen molar-refractivity contribution in [1.29, 1.82) is 5.26 Å². The average molecular weight is 582 g/mol. The van der Waals surface area contributed by atoms with E-state index < -0.39 is 17.3 Å². The van der Waals surface area contributed by atoms with E-state index in [1.807, 2.05) is 0 Å². The second kappa shape index (κ2) is 12.4. The molecule has 10 heteroatoms. The molecule has 2 aromatic carbocycles. The second-order valence-electron chi connectivity index (χ2n) is 11.5. The van der Waals surface area contributed by atoms with Crippen LogP contribution in [0, 0.1) is 28.6 Å². The topological polar surface area (TPSA) is 129 Å². The number of benzene rings is 2. The van der Waals surface area contributed by atoms with Gasteiger partial charge in [0.2, 0.25) is 0 Å². The van der Waals surface area contributed by atoms with Crippen LogP contribution < -0.4 is 19.7 Å². The first-order valence-electron chi connectivity index (χ1n) is 13.8. The van der Waals surface area contributed by atoms with E-state index in [2.05, 4.69) is 18.3 Å². The van der Waals surface area contributed by atoms with E-state index in [4.69, 9.17) is 21.1 Å². The second-order valence-corrected chi connectivity index (χ2v) is 12.0. The van der Waals surface area contributed by atoms with Gasteiger partial charge in [0.25, 0.3) is 11.8 Å². The number of carbonyl (C=O) groups excluding carboxylic acids is 2. The van der Waals surface area contributed by atoms with Crippen molar-refractivity contribution in [2.75, 3.05) is 25.6 Å². The summed E-state index contributed by atoms with van der Waals surface area (Å²) in [6.45, 7) is 4.48. The van der Waals surface area contributed by atoms with Crippen molar-refractivity contribution in [2.45, 2.75) is 58.5 Å². The smallest absolute Gasteiger partial charge is 0.309 e. The summed E-state index contributed by atoms with van der Waals surface area (Å²) in [5, 5.41) is 22.7. The molecule has 0 heterocycles. The molecule has 0 aliphatic heterocycles. The van der Waals surface area contributed by atoms with Crippen molar-refractivity contribution in [2.24, 2.45) is 17.3 Å². The van der Waals surface area contributed by atoms with Crippen LogP contribution in [0.4, 0.5) is 5.69 Å². The largest absolute Gasteiger partial charge is 0.496 e. The predicted molar refractivity (Wildman–Crippen MR) is 155 cm³/mol. The molecule has 0 unspecified atom stereocenters. The van der Waals surface area contributed by atoms with Crippen LogP contribution in [0.15, 0.2) is 30.3 Å². The molecule has 2 aliphatic rings. The number of amides is 2. The summed E-state index contributed by atoms with van der Waals surface area (Å²) in [5.41, 5.74) is 0.172. The Morgan fingerprint density at radius 1 is 1.15 bits per heavy atom. The van der Waals surface area contributed by atoms with Gasteiger partial charge in [0.05, 0.1) is 41.0 Å². The van der Waals surface area contributed by atoms with Gasteiger partial charge in [-0.25, -0.2) is 0 Å². The van der Waals surface area contributed by atoms with E-state index in [1.54, 1.807) is 32.2 Å². The van der Waals surface area contributed by atoms with Gasteiger partial charge in [0, 0.05) is 24.7 Å². The van der Waals surface area contributed by atoms with Gasteiger partial charge in [-0.3, -0.25) is 14.4 Å². The number of nitriles is 1. The van der Waals surface area contributed by atoms with E-state index in [9.17, 15) is 24.8 Å². The summed E-state index contributed by atoms with van der Waals surface area (Å²) in [6.07, 6.45) is 3.75. The van der Waals surface area contributed by atoms with Crippen LogP contribution in [0.1, 0.15) is 78.7 Å². The summed E-state index contributed by atoms with van der Waals surface area (Å²) in [5.74, 6) is -0.0910. The van der Waals surface area contributed by atoms with Crippen LogP contribution in [0.5, 0.6) is 11.5 Å². The monoisotopic (exact) mass is 581 g/mol. The number of nitrogens with zero attached hydrogens (tertiary/aromatic N) is 2. The standard InChI is InChI=1S/C31H36ClN3O6/c1-18-11-19(12-18)17-34-28(36)23-6-5-21(32)14-25(23)35(3)29(37)24-15-26(20(16-33)13-27(24)40-4)41-22-7-9-31(2,10-8-22)30(38)39/h5-6,13-15,18-19,22H,7-12,17H2,1-4H3,(H,34,36)(H,38,39). The van der Waals surface area contributed by atoms with Crippen LogP contribution in [-0.4, -0.2) is 49.7 Å². The fourth-order valence-corrected chi connectivity index (χ4v) is 5.82. The van der Waals surface area contributed by atoms with Crippen LogP contribution in [-0.2, 0) is 4.79 Å². The number of hydrogen-bond donors (Lipinski definition) is 2. The van der Waals surface area contributed by atoms with Gasteiger partial charge in [-0.15, -0.1) is 0 Å². The van der Waals surface area contributed by atoms with E-state index in [0.29, 0.717) is 60.3 Å². The first-order valence-corrected chi connectivity index (χ1v) is 14.2. The Balaban J connectivity index is 1.58. The molecule has 2 fully saturated rings. The molecule has 2 saturated carbocycles. The van der Waals surface area contributed by atoms with Crippen LogP contribution in [0.25, 0.3) is 0 Å². The van der Waals surface area contributed by atoms with Crippen LogP contribution >= 0.6 is 11.6 Å². The number of methoxy groups -OCH3 is 1. The number of carboxylic acid groups (broad SMARTS) is 1. The molecule has 41 heavy (non-hydrogen) atoms. The minimum Gasteiger partial charge on any atom is -0.496 e. The Morgan fingerprint density at radius 2 is 1.83 bits per heavy atom. The third-order valence-electron chi connectivity index (χ3n) is 8.39. The number of hydrogen-bond acceptors (Lipinski definition) is 6. The van der Waals surface area contributed by atoms with Gasteiger partial charge >= 0.3 is 5.97 Å². The molecule has 0 radical (unpaired) electrons. The van der Waals surface area contributed by atoms with E-state index in [1.165, 1.54) is 24.1 Å². The molecule has 2 amide bonds. The fourth-order valence-electron chi connectivity index (χ4n) is 5.65. The van der Waals surface area contributed by atoms with Crippen LogP contribution in [0.3, 0.4) is 0 Å². The van der Waals surface area contributed by atoms with Crippen molar-refractivity contribution < 1.29 is 29.0 Å². The minimum atomic E-state index is -0.833. The Bertz CT molecular complexity index is 1370. The van der Waals surface area contributed by atoms with E-state index >= 15 is 0 Å². The molecule has 0 atom stereocenters. The SMILES string of the molecule is COc1cc(C#N)c(OC2CCC(C)(C(=O)O)CC2)cc1C(=O)N(C)c1cc(Cl)ccc1C(=O)NCC1CC(C)C1. The third-order valence-corrected chi connectivity index (χ3v) is 8.63. The number of carboxylic acids is 1. The summed E-state index contributed by atoms with van der Waals surface area (Å²) >= 11 is 6.28. The molecule has 0 aromatic heterocycles. The van der Waals surface area contributed by atoms with Crippen molar-refractivity contribution >= 4 is 35.1 Å². The number of rotatable bonds is 9. The maximum Gasteiger partial charge on any atom is 0.309 e. The molecule has 9 nitrogen and oxygen atoms in total. The lowest BCUT2D eigenvalue weighted by Crippen LogP contribution is -2.36. The van der Waals surface area contributed by atoms with Gasteiger partial charge in [0.1, 0.15) is 17.6 Å². The lowest BCUT2D eigenvalue weighted by Gasteiger charge is -2.34. The number of ether oxygens (including phenoxy) is 2. The highest BCUT2D eigenvalue weighted by Gasteiger charge is 2.38. The first kappa shape index (κ1) is 30.2. The molecular weight excluding hydrogens is 546 g/mol. The number of carbonyl (C=O) groups is 3. The lowest BCUT2D eigenvalue weighted by molar-refractivity contribution is -0.150. The number of nitrogens with one attached hydrogen (secondary N) is 1. The summed E-state index contributed by atoms with van der Waals surface area (Å²) in [6, 6.07) is 9.79. The van der Waals surface area contributed by atoms with Crippen LogP contribution in [0.2, 0.25) is 5.02 Å². The quantitative estimate of drug-likeness (QED) is 0.389. The molecule has 0 saturated heterocycles. The van der Waals surface area contributed by atoms with Gasteiger partial charge < -0.3 is 24.8 Å². The first-order chi connectivity index (χ1) is 19.4.